The van der Waals surface area contributed by atoms with E-state index in [1.165, 1.54) is 24.5 Å². The van der Waals surface area contributed by atoms with E-state index >= 15 is 0 Å². The zero-order chi connectivity index (χ0) is 13.1. The third kappa shape index (κ3) is 2.77. The number of nitrogens with two attached hydrogens (primary N) is 1. The summed E-state index contributed by atoms with van der Waals surface area (Å²) in [7, 11) is -0.606. The van der Waals surface area contributed by atoms with Gasteiger partial charge in [-0.15, -0.1) is 0 Å². The van der Waals surface area contributed by atoms with Crippen molar-refractivity contribution >= 4 is 10.0 Å². The Balaban J connectivity index is 3.22. The number of hydrogen-bond acceptors (Lipinski definition) is 4. The Morgan fingerprint density at radius 2 is 2.00 bits per heavy atom. The molecular weight excluding hydrogens is 240 g/mol. The molecule has 1 rings (SSSR count). The summed E-state index contributed by atoms with van der Waals surface area (Å²) in [6.07, 6.45) is 0. The molecule has 0 heterocycles. The number of hydrogen-bond donors (Lipinski definition) is 1. The summed E-state index contributed by atoms with van der Waals surface area (Å²) >= 11 is 0. The van der Waals surface area contributed by atoms with Crippen LogP contribution < -0.4 is 10.5 Å². The van der Waals surface area contributed by atoms with E-state index in [0.29, 0.717) is 5.75 Å². The van der Waals surface area contributed by atoms with Crippen LogP contribution in [0.5, 0.6) is 5.75 Å². The molecule has 2 N–H and O–H groups in total. The fourth-order valence-corrected chi connectivity index (χ4v) is 2.90. The molecule has 0 bridgehead atoms. The second-order valence-corrected chi connectivity index (χ2v) is 5.72. The number of methoxy groups -OCH3 is 1. The summed E-state index contributed by atoms with van der Waals surface area (Å²) < 4.78 is 30.9. The maximum absolute atomic E-state index is 12.3. The Morgan fingerprint density at radius 3 is 2.53 bits per heavy atom. The van der Waals surface area contributed by atoms with Crippen LogP contribution in [-0.2, 0) is 10.0 Å². The van der Waals surface area contributed by atoms with Crippen molar-refractivity contribution in [3.8, 4) is 5.75 Å². The number of sulfonamides is 1. The average Bonchev–Trinajstić information content (AvgIpc) is 2.36. The van der Waals surface area contributed by atoms with Crippen LogP contribution in [-0.4, -0.2) is 39.5 Å². The molecule has 1 atom stereocenters. The minimum atomic E-state index is -3.56. The van der Waals surface area contributed by atoms with E-state index in [-0.39, 0.29) is 17.5 Å². The first-order valence-corrected chi connectivity index (χ1v) is 6.70. The normalized spacial score (nSPS) is 13.7. The summed E-state index contributed by atoms with van der Waals surface area (Å²) in [6, 6.07) is 6.27. The SMILES string of the molecule is COc1ccccc1S(=O)(=O)N(C)C(C)CN. The summed E-state index contributed by atoms with van der Waals surface area (Å²) in [6.45, 7) is 2.03. The minimum Gasteiger partial charge on any atom is -0.495 e. The summed E-state index contributed by atoms with van der Waals surface area (Å²) in [5, 5.41) is 0. The van der Waals surface area contributed by atoms with Crippen molar-refractivity contribution in [2.45, 2.75) is 17.9 Å². The van der Waals surface area contributed by atoms with Gasteiger partial charge in [0, 0.05) is 19.6 Å². The third-order valence-electron chi connectivity index (χ3n) is 2.69. The third-order valence-corrected chi connectivity index (χ3v) is 4.70. The van der Waals surface area contributed by atoms with Crippen LogP contribution in [0.15, 0.2) is 29.2 Å². The second-order valence-electron chi connectivity index (χ2n) is 3.76. The van der Waals surface area contributed by atoms with Gasteiger partial charge in [0.15, 0.2) is 0 Å². The van der Waals surface area contributed by atoms with Crippen molar-refractivity contribution in [1.29, 1.82) is 0 Å². The number of ether oxygens (including phenoxy) is 1. The average molecular weight is 258 g/mol. The van der Waals surface area contributed by atoms with Gasteiger partial charge in [0.1, 0.15) is 10.6 Å². The Hall–Kier alpha value is -1.11. The van der Waals surface area contributed by atoms with Crippen molar-refractivity contribution in [2.75, 3.05) is 20.7 Å². The molecular formula is C11H18N2O3S. The van der Waals surface area contributed by atoms with Gasteiger partial charge in [-0.05, 0) is 19.1 Å². The molecule has 1 aromatic carbocycles. The molecule has 5 nitrogen and oxygen atoms in total. The first-order valence-electron chi connectivity index (χ1n) is 5.26. The molecule has 0 saturated heterocycles. The monoisotopic (exact) mass is 258 g/mol. The molecule has 0 aliphatic rings. The number of para-hydroxylation sites is 1. The highest BCUT2D eigenvalue weighted by atomic mass is 32.2. The lowest BCUT2D eigenvalue weighted by atomic mass is 10.3. The molecule has 6 heteroatoms. The molecule has 0 aliphatic carbocycles. The first-order chi connectivity index (χ1) is 7.95. The predicted octanol–water partition coefficient (Wildman–Crippen LogP) is 0.663. The summed E-state index contributed by atoms with van der Waals surface area (Å²) in [4.78, 5) is 0.158. The van der Waals surface area contributed by atoms with E-state index in [4.69, 9.17) is 10.5 Å². The van der Waals surface area contributed by atoms with Crippen molar-refractivity contribution < 1.29 is 13.2 Å². The molecule has 0 amide bonds. The Labute approximate surface area is 102 Å². The van der Waals surface area contributed by atoms with E-state index in [9.17, 15) is 8.42 Å². The summed E-state index contributed by atoms with van der Waals surface area (Å²) in [5.41, 5.74) is 5.48. The zero-order valence-electron chi connectivity index (χ0n) is 10.3. The van der Waals surface area contributed by atoms with Gasteiger partial charge in [0.2, 0.25) is 10.0 Å². The number of likely N-dealkylation sites (N-methyl/N-ethyl adjacent to an activating group) is 1. The standard InChI is InChI=1S/C11H18N2O3S/c1-9(8-12)13(2)17(14,15)11-7-5-4-6-10(11)16-3/h4-7,9H,8,12H2,1-3H3. The second kappa shape index (κ2) is 5.48. The highest BCUT2D eigenvalue weighted by Gasteiger charge is 2.27. The van der Waals surface area contributed by atoms with Gasteiger partial charge in [-0.1, -0.05) is 12.1 Å². The Morgan fingerprint density at radius 1 is 1.41 bits per heavy atom. The zero-order valence-corrected chi connectivity index (χ0v) is 11.1. The number of rotatable bonds is 5. The molecule has 0 saturated carbocycles. The summed E-state index contributed by atoms with van der Waals surface area (Å²) in [5.74, 6) is 0.337. The van der Waals surface area contributed by atoms with E-state index in [0.717, 1.165) is 0 Å². The molecule has 1 unspecified atom stereocenters. The van der Waals surface area contributed by atoms with Crippen molar-refractivity contribution in [1.82, 2.24) is 4.31 Å². The lowest BCUT2D eigenvalue weighted by Crippen LogP contribution is -2.39. The predicted molar refractivity (Wildman–Crippen MR) is 66.5 cm³/mol. The van der Waals surface area contributed by atoms with Gasteiger partial charge in [-0.3, -0.25) is 0 Å². The largest absolute Gasteiger partial charge is 0.495 e. The van der Waals surface area contributed by atoms with Crippen LogP contribution in [0, 0.1) is 0 Å². The van der Waals surface area contributed by atoms with E-state index < -0.39 is 10.0 Å². The van der Waals surface area contributed by atoms with E-state index in [2.05, 4.69) is 0 Å². The van der Waals surface area contributed by atoms with Crippen LogP contribution in [0.1, 0.15) is 6.92 Å². The minimum absolute atomic E-state index is 0.158. The van der Waals surface area contributed by atoms with E-state index in [1.807, 2.05) is 0 Å². The van der Waals surface area contributed by atoms with E-state index in [1.54, 1.807) is 25.1 Å². The maximum atomic E-state index is 12.3. The molecule has 1 aromatic rings. The van der Waals surface area contributed by atoms with Crippen LogP contribution in [0.25, 0.3) is 0 Å². The highest BCUT2D eigenvalue weighted by molar-refractivity contribution is 7.89. The molecule has 96 valence electrons. The van der Waals surface area contributed by atoms with Crippen LogP contribution in [0.4, 0.5) is 0 Å². The lowest BCUT2D eigenvalue weighted by Gasteiger charge is -2.23. The topological polar surface area (TPSA) is 72.6 Å². The fourth-order valence-electron chi connectivity index (χ4n) is 1.37. The van der Waals surface area contributed by atoms with Crippen molar-refractivity contribution in [2.24, 2.45) is 5.73 Å². The Bertz CT molecular complexity index is 473. The van der Waals surface area contributed by atoms with Gasteiger partial charge in [0.05, 0.1) is 7.11 Å². The molecule has 0 spiro atoms. The quantitative estimate of drug-likeness (QED) is 0.842. The molecule has 0 aromatic heterocycles. The molecule has 0 aliphatic heterocycles. The highest BCUT2D eigenvalue weighted by Crippen LogP contribution is 2.26. The number of benzene rings is 1. The van der Waals surface area contributed by atoms with Gasteiger partial charge in [-0.2, -0.15) is 4.31 Å². The smallest absolute Gasteiger partial charge is 0.246 e. The van der Waals surface area contributed by atoms with Gasteiger partial charge in [-0.25, -0.2) is 8.42 Å². The molecule has 0 fully saturated rings. The Kier molecular flexibility index (Phi) is 4.50. The van der Waals surface area contributed by atoms with Gasteiger partial charge < -0.3 is 10.5 Å². The maximum Gasteiger partial charge on any atom is 0.246 e. The number of nitrogens with zero attached hydrogens (tertiary/aromatic N) is 1. The lowest BCUT2D eigenvalue weighted by molar-refractivity contribution is 0.380. The van der Waals surface area contributed by atoms with Gasteiger partial charge >= 0.3 is 0 Å². The van der Waals surface area contributed by atoms with Crippen molar-refractivity contribution in [3.63, 3.8) is 0 Å². The van der Waals surface area contributed by atoms with Gasteiger partial charge in [0.25, 0.3) is 0 Å². The van der Waals surface area contributed by atoms with Crippen LogP contribution in [0.2, 0.25) is 0 Å². The fraction of sp³-hybridized carbons (Fsp3) is 0.455. The first kappa shape index (κ1) is 14.0. The van der Waals surface area contributed by atoms with Crippen LogP contribution in [0.3, 0.4) is 0 Å². The molecule has 0 radical (unpaired) electrons. The van der Waals surface area contributed by atoms with Crippen molar-refractivity contribution in [3.05, 3.63) is 24.3 Å². The molecule has 17 heavy (non-hydrogen) atoms. The van der Waals surface area contributed by atoms with Crippen LogP contribution >= 0.6 is 0 Å².